The number of rotatable bonds is 5. The Balaban J connectivity index is 4.87. The third-order valence-corrected chi connectivity index (χ3v) is 2.26. The van der Waals surface area contributed by atoms with Crippen molar-refractivity contribution in [2.24, 2.45) is 0 Å². The molecule has 0 saturated carbocycles. The number of amides is 2. The number of carbonyl (C=O) groups is 2. The van der Waals surface area contributed by atoms with Crippen LogP contribution in [0.3, 0.4) is 0 Å². The zero-order valence-corrected chi connectivity index (χ0v) is 10.7. The highest BCUT2D eigenvalue weighted by molar-refractivity contribution is 5.83. The second kappa shape index (κ2) is 6.60. The Labute approximate surface area is 108 Å². The number of alkyl halides is 3. The highest BCUT2D eigenvalue weighted by Crippen LogP contribution is 2.18. The molecule has 112 valence electrons. The predicted molar refractivity (Wildman–Crippen MR) is 59.5 cm³/mol. The average molecular weight is 286 g/mol. The van der Waals surface area contributed by atoms with Crippen molar-refractivity contribution in [3.8, 4) is 0 Å². The van der Waals surface area contributed by atoms with E-state index in [1.54, 1.807) is 0 Å². The molecule has 0 rings (SSSR count). The Bertz CT molecular complexity index is 331. The van der Waals surface area contributed by atoms with Crippen molar-refractivity contribution in [1.29, 1.82) is 0 Å². The van der Waals surface area contributed by atoms with E-state index in [1.165, 1.54) is 13.8 Å². The van der Waals surface area contributed by atoms with Gasteiger partial charge in [-0.25, -0.2) is 9.59 Å². The summed E-state index contributed by atoms with van der Waals surface area (Å²) >= 11 is 0. The van der Waals surface area contributed by atoms with Gasteiger partial charge in [0.2, 0.25) is 0 Å². The van der Waals surface area contributed by atoms with Crippen molar-refractivity contribution in [2.75, 3.05) is 6.54 Å². The van der Waals surface area contributed by atoms with Crippen molar-refractivity contribution >= 4 is 12.0 Å². The van der Waals surface area contributed by atoms with E-state index in [0.29, 0.717) is 4.90 Å². The first-order valence-electron chi connectivity index (χ1n) is 5.50. The van der Waals surface area contributed by atoms with Crippen LogP contribution in [0.15, 0.2) is 0 Å². The molecule has 0 heterocycles. The lowest BCUT2D eigenvalue weighted by Crippen LogP contribution is -2.55. The van der Waals surface area contributed by atoms with Crippen LogP contribution in [-0.4, -0.2) is 58.0 Å². The summed E-state index contributed by atoms with van der Waals surface area (Å²) in [6, 6.07) is -3.63. The molecule has 6 nitrogen and oxygen atoms in total. The van der Waals surface area contributed by atoms with E-state index < -0.39 is 42.9 Å². The second-order valence-corrected chi connectivity index (χ2v) is 4.34. The molecule has 19 heavy (non-hydrogen) atoms. The van der Waals surface area contributed by atoms with Crippen LogP contribution in [-0.2, 0) is 4.79 Å². The Kier molecular flexibility index (Phi) is 6.07. The summed E-state index contributed by atoms with van der Waals surface area (Å²) in [6.45, 7) is 2.35. The molecule has 0 aromatic rings. The minimum Gasteiger partial charge on any atom is -0.480 e. The fourth-order valence-electron chi connectivity index (χ4n) is 1.29. The maximum Gasteiger partial charge on any atom is 0.406 e. The van der Waals surface area contributed by atoms with E-state index in [0.717, 1.165) is 6.92 Å². The van der Waals surface area contributed by atoms with E-state index in [2.05, 4.69) is 0 Å². The summed E-state index contributed by atoms with van der Waals surface area (Å²) in [5.74, 6) is -1.53. The number of aliphatic carboxylic acids is 1. The van der Waals surface area contributed by atoms with Crippen LogP contribution in [0, 0.1) is 0 Å². The van der Waals surface area contributed by atoms with Crippen molar-refractivity contribution in [2.45, 2.75) is 45.1 Å². The van der Waals surface area contributed by atoms with Crippen molar-refractivity contribution in [1.82, 2.24) is 10.2 Å². The lowest BCUT2D eigenvalue weighted by Gasteiger charge is -2.29. The van der Waals surface area contributed by atoms with Crippen LogP contribution < -0.4 is 5.32 Å². The largest absolute Gasteiger partial charge is 0.480 e. The quantitative estimate of drug-likeness (QED) is 0.697. The lowest BCUT2D eigenvalue weighted by atomic mass is 10.2. The summed E-state index contributed by atoms with van der Waals surface area (Å²) < 4.78 is 36.9. The minimum atomic E-state index is -4.59. The van der Waals surface area contributed by atoms with Crippen LogP contribution in [0.25, 0.3) is 0 Å². The van der Waals surface area contributed by atoms with Gasteiger partial charge in [0.1, 0.15) is 6.54 Å². The van der Waals surface area contributed by atoms with Gasteiger partial charge < -0.3 is 20.4 Å². The molecule has 0 saturated heterocycles. The third kappa shape index (κ3) is 6.27. The van der Waals surface area contributed by atoms with E-state index in [1.807, 2.05) is 5.32 Å². The number of hydrogen-bond donors (Lipinski definition) is 3. The van der Waals surface area contributed by atoms with E-state index in [9.17, 15) is 22.8 Å². The number of halogens is 3. The molecule has 2 unspecified atom stereocenters. The van der Waals surface area contributed by atoms with Crippen molar-refractivity contribution in [3.05, 3.63) is 0 Å². The van der Waals surface area contributed by atoms with Crippen LogP contribution in [0.1, 0.15) is 20.8 Å². The number of carbonyl (C=O) groups excluding carboxylic acids is 1. The van der Waals surface area contributed by atoms with Gasteiger partial charge in [-0.3, -0.25) is 0 Å². The fourth-order valence-corrected chi connectivity index (χ4v) is 1.29. The summed E-state index contributed by atoms with van der Waals surface area (Å²) in [6.07, 6.45) is -6.02. The molecule has 2 atom stereocenters. The maximum atomic E-state index is 12.3. The average Bonchev–Trinajstić information content (AvgIpc) is 2.19. The number of carboxylic acids is 1. The summed E-state index contributed by atoms with van der Waals surface area (Å²) in [4.78, 5) is 22.8. The first-order valence-corrected chi connectivity index (χ1v) is 5.50. The van der Waals surface area contributed by atoms with Crippen LogP contribution in [0.4, 0.5) is 18.0 Å². The molecule has 0 aliphatic rings. The highest BCUT2D eigenvalue weighted by Gasteiger charge is 2.36. The Morgan fingerprint density at radius 2 is 1.74 bits per heavy atom. The molecule has 0 aromatic heterocycles. The predicted octanol–water partition coefficient (Wildman–Crippen LogP) is 0.803. The van der Waals surface area contributed by atoms with E-state index in [-0.39, 0.29) is 0 Å². The van der Waals surface area contributed by atoms with Gasteiger partial charge in [-0.1, -0.05) is 0 Å². The maximum absolute atomic E-state index is 12.3. The van der Waals surface area contributed by atoms with Gasteiger partial charge in [0.15, 0.2) is 6.04 Å². The summed E-state index contributed by atoms with van der Waals surface area (Å²) in [7, 11) is 0. The zero-order valence-electron chi connectivity index (χ0n) is 10.7. The first kappa shape index (κ1) is 17.5. The Morgan fingerprint density at radius 1 is 1.26 bits per heavy atom. The molecule has 0 fully saturated rings. The number of nitrogens with zero attached hydrogens (tertiary/aromatic N) is 1. The van der Waals surface area contributed by atoms with E-state index >= 15 is 0 Å². The third-order valence-electron chi connectivity index (χ3n) is 2.26. The van der Waals surface area contributed by atoms with Gasteiger partial charge in [-0.2, -0.15) is 13.2 Å². The number of nitrogens with one attached hydrogen (secondary N) is 1. The number of carboxylic acid groups (broad SMARTS) is 1. The molecule has 0 aliphatic heterocycles. The SMILES string of the molecule is CC(O)C(NC(=O)N(CC(F)(F)F)C(C)C)C(=O)O. The Hall–Kier alpha value is -1.51. The van der Waals surface area contributed by atoms with Gasteiger partial charge in [0.05, 0.1) is 6.10 Å². The molecule has 0 spiro atoms. The molecule has 0 radical (unpaired) electrons. The van der Waals surface area contributed by atoms with Gasteiger partial charge >= 0.3 is 18.2 Å². The van der Waals surface area contributed by atoms with Gasteiger partial charge in [0.25, 0.3) is 0 Å². The molecule has 3 N–H and O–H groups in total. The molecule has 0 aromatic carbocycles. The van der Waals surface area contributed by atoms with Crippen LogP contribution in [0.5, 0.6) is 0 Å². The number of aliphatic hydroxyl groups is 1. The van der Waals surface area contributed by atoms with Gasteiger partial charge in [-0.05, 0) is 20.8 Å². The molecular formula is C10H17F3N2O4. The fraction of sp³-hybridized carbons (Fsp3) is 0.800. The second-order valence-electron chi connectivity index (χ2n) is 4.34. The van der Waals surface area contributed by atoms with Crippen LogP contribution in [0.2, 0.25) is 0 Å². The number of aliphatic hydroxyl groups excluding tert-OH is 1. The topological polar surface area (TPSA) is 89.9 Å². The van der Waals surface area contributed by atoms with Crippen LogP contribution >= 0.6 is 0 Å². The van der Waals surface area contributed by atoms with Gasteiger partial charge in [0, 0.05) is 6.04 Å². The summed E-state index contributed by atoms with van der Waals surface area (Å²) in [5.41, 5.74) is 0. The normalized spacial score (nSPS) is 14.9. The highest BCUT2D eigenvalue weighted by atomic mass is 19.4. The lowest BCUT2D eigenvalue weighted by molar-refractivity contribution is -0.144. The molecular weight excluding hydrogens is 269 g/mol. The molecule has 0 aliphatic carbocycles. The monoisotopic (exact) mass is 286 g/mol. The first-order chi connectivity index (χ1) is 8.45. The van der Waals surface area contributed by atoms with Crippen molar-refractivity contribution in [3.63, 3.8) is 0 Å². The molecule has 0 bridgehead atoms. The minimum absolute atomic E-state index is 0.443. The summed E-state index contributed by atoms with van der Waals surface area (Å²) in [5, 5.41) is 19.7. The smallest absolute Gasteiger partial charge is 0.406 e. The zero-order chi connectivity index (χ0) is 15.4. The van der Waals surface area contributed by atoms with Crippen molar-refractivity contribution < 1.29 is 33.0 Å². The Morgan fingerprint density at radius 3 is 2.00 bits per heavy atom. The molecule has 9 heteroatoms. The van der Waals surface area contributed by atoms with E-state index in [4.69, 9.17) is 10.2 Å². The molecule has 2 amide bonds. The standard InChI is InChI=1S/C10H17F3N2O4/c1-5(2)15(4-10(11,12)13)9(19)14-7(6(3)16)8(17)18/h5-7,16H,4H2,1-3H3,(H,14,19)(H,17,18). The number of urea groups is 1. The number of hydrogen-bond acceptors (Lipinski definition) is 3. The van der Waals surface area contributed by atoms with Gasteiger partial charge in [-0.15, -0.1) is 0 Å².